The van der Waals surface area contributed by atoms with Crippen LogP contribution in [0.4, 0.5) is 0 Å². The van der Waals surface area contributed by atoms with Gasteiger partial charge in [0, 0.05) is 18.5 Å². The summed E-state index contributed by atoms with van der Waals surface area (Å²) in [6.07, 6.45) is 0.907. The van der Waals surface area contributed by atoms with E-state index < -0.39 is 0 Å². The Labute approximate surface area is 125 Å². The predicted molar refractivity (Wildman–Crippen MR) is 82.4 cm³/mol. The maximum atomic E-state index is 8.86. The molecule has 0 radical (unpaired) electrons. The molecule has 1 heterocycles. The van der Waals surface area contributed by atoms with Crippen LogP contribution in [-0.4, -0.2) is 18.3 Å². The zero-order valence-electron chi connectivity index (χ0n) is 12.6. The molecule has 1 atom stereocenters. The number of aryl methyl sites for hydroxylation is 1. The molecule has 4 heteroatoms. The van der Waals surface area contributed by atoms with Gasteiger partial charge in [0.25, 0.3) is 0 Å². The van der Waals surface area contributed by atoms with Crippen molar-refractivity contribution in [1.82, 2.24) is 5.32 Å². The minimum Gasteiger partial charge on any atom is -0.491 e. The maximum Gasteiger partial charge on any atom is 0.123 e. The lowest BCUT2D eigenvalue weighted by atomic mass is 10.1. The third-order valence-electron chi connectivity index (χ3n) is 3.38. The number of aliphatic hydroxyl groups is 1. The Morgan fingerprint density at radius 1 is 1.24 bits per heavy atom. The summed E-state index contributed by atoms with van der Waals surface area (Å²) < 4.78 is 11.3. The highest BCUT2D eigenvalue weighted by molar-refractivity contribution is 5.33. The first-order valence-electron chi connectivity index (χ1n) is 7.38. The van der Waals surface area contributed by atoms with E-state index in [4.69, 9.17) is 14.3 Å². The fourth-order valence-electron chi connectivity index (χ4n) is 2.13. The molecule has 0 saturated carbocycles. The smallest absolute Gasteiger partial charge is 0.123 e. The van der Waals surface area contributed by atoms with E-state index in [9.17, 15) is 0 Å². The quantitative estimate of drug-likeness (QED) is 0.784. The lowest BCUT2D eigenvalue weighted by Crippen LogP contribution is -2.18. The van der Waals surface area contributed by atoms with Gasteiger partial charge in [-0.2, -0.15) is 0 Å². The lowest BCUT2D eigenvalue weighted by Gasteiger charge is -2.14. The molecule has 0 saturated heterocycles. The first-order chi connectivity index (χ1) is 10.2. The maximum absolute atomic E-state index is 8.86. The summed E-state index contributed by atoms with van der Waals surface area (Å²) in [5.41, 5.74) is 1.07. The van der Waals surface area contributed by atoms with E-state index in [0.29, 0.717) is 13.2 Å². The molecule has 0 fully saturated rings. The molecule has 0 aliphatic rings. The average Bonchev–Trinajstić information content (AvgIpc) is 3.00. The molecule has 1 unspecified atom stereocenters. The number of hydrogen-bond donors (Lipinski definition) is 2. The summed E-state index contributed by atoms with van der Waals surface area (Å²) in [5.74, 6) is 2.76. The number of hydrogen-bond acceptors (Lipinski definition) is 4. The van der Waals surface area contributed by atoms with E-state index in [0.717, 1.165) is 29.3 Å². The lowest BCUT2D eigenvalue weighted by molar-refractivity contribution is 0.200. The first-order valence-corrected chi connectivity index (χ1v) is 7.38. The van der Waals surface area contributed by atoms with Crippen LogP contribution in [0.25, 0.3) is 0 Å². The van der Waals surface area contributed by atoms with Crippen LogP contribution in [0.1, 0.15) is 37.0 Å². The van der Waals surface area contributed by atoms with Crippen molar-refractivity contribution < 1.29 is 14.3 Å². The molecule has 1 aromatic carbocycles. The molecule has 2 rings (SSSR count). The zero-order valence-corrected chi connectivity index (χ0v) is 12.6. The monoisotopic (exact) mass is 289 g/mol. The highest BCUT2D eigenvalue weighted by atomic mass is 16.5. The van der Waals surface area contributed by atoms with Crippen LogP contribution in [0.15, 0.2) is 40.8 Å². The minimum atomic E-state index is 0.0182. The fourth-order valence-corrected chi connectivity index (χ4v) is 2.13. The molecule has 0 bridgehead atoms. The van der Waals surface area contributed by atoms with Gasteiger partial charge in [0.2, 0.25) is 0 Å². The SMILES string of the molecule is CCc1ccc(C(C)NCc2ccccc2OCCO)o1. The number of ether oxygens (including phenoxy) is 1. The highest BCUT2D eigenvalue weighted by Gasteiger charge is 2.11. The average molecular weight is 289 g/mol. The van der Waals surface area contributed by atoms with Crippen LogP contribution in [0, 0.1) is 0 Å². The summed E-state index contributed by atoms with van der Waals surface area (Å²) in [7, 11) is 0. The van der Waals surface area contributed by atoms with Crippen molar-refractivity contribution in [2.45, 2.75) is 32.9 Å². The van der Waals surface area contributed by atoms with Crippen LogP contribution in [0.5, 0.6) is 5.75 Å². The van der Waals surface area contributed by atoms with E-state index in [1.165, 1.54) is 0 Å². The molecule has 0 aliphatic heterocycles. The van der Waals surface area contributed by atoms with Gasteiger partial charge in [-0.25, -0.2) is 0 Å². The molecular formula is C17H23NO3. The molecule has 2 N–H and O–H groups in total. The normalized spacial score (nSPS) is 12.3. The van der Waals surface area contributed by atoms with Crippen molar-refractivity contribution in [1.29, 1.82) is 0 Å². The predicted octanol–water partition coefficient (Wildman–Crippen LogP) is 3.06. The van der Waals surface area contributed by atoms with Gasteiger partial charge in [0.15, 0.2) is 0 Å². The van der Waals surface area contributed by atoms with Crippen molar-refractivity contribution in [3.63, 3.8) is 0 Å². The molecule has 0 amide bonds. The van der Waals surface area contributed by atoms with Gasteiger partial charge < -0.3 is 19.6 Å². The van der Waals surface area contributed by atoms with Gasteiger partial charge in [0.1, 0.15) is 23.9 Å². The van der Waals surface area contributed by atoms with Crippen molar-refractivity contribution in [3.8, 4) is 5.75 Å². The Kier molecular flexibility index (Phi) is 5.84. The van der Waals surface area contributed by atoms with Crippen molar-refractivity contribution in [2.75, 3.05) is 13.2 Å². The minimum absolute atomic E-state index is 0.0182. The van der Waals surface area contributed by atoms with Crippen molar-refractivity contribution in [3.05, 3.63) is 53.5 Å². The second kappa shape index (κ2) is 7.86. The van der Waals surface area contributed by atoms with E-state index in [1.54, 1.807) is 0 Å². The molecule has 0 spiro atoms. The fraction of sp³-hybridized carbons (Fsp3) is 0.412. The summed E-state index contributed by atoms with van der Waals surface area (Å²) in [6, 6.07) is 12.0. The summed E-state index contributed by atoms with van der Waals surface area (Å²) in [5, 5.41) is 12.3. The summed E-state index contributed by atoms with van der Waals surface area (Å²) in [6.45, 7) is 5.17. The highest BCUT2D eigenvalue weighted by Crippen LogP contribution is 2.21. The van der Waals surface area contributed by atoms with Crippen LogP contribution < -0.4 is 10.1 Å². The van der Waals surface area contributed by atoms with E-state index in [2.05, 4.69) is 19.2 Å². The number of furan rings is 1. The zero-order chi connectivity index (χ0) is 15.1. The Balaban J connectivity index is 1.95. The number of para-hydroxylation sites is 1. The van der Waals surface area contributed by atoms with Crippen LogP contribution >= 0.6 is 0 Å². The molecule has 1 aromatic heterocycles. The van der Waals surface area contributed by atoms with Gasteiger partial charge in [-0.3, -0.25) is 0 Å². The Bertz CT molecular complexity index is 550. The largest absolute Gasteiger partial charge is 0.491 e. The van der Waals surface area contributed by atoms with E-state index in [-0.39, 0.29) is 12.6 Å². The number of benzene rings is 1. The molecule has 21 heavy (non-hydrogen) atoms. The van der Waals surface area contributed by atoms with Gasteiger partial charge in [-0.05, 0) is 25.1 Å². The summed E-state index contributed by atoms with van der Waals surface area (Å²) >= 11 is 0. The molecule has 0 aliphatic carbocycles. The molecule has 114 valence electrons. The van der Waals surface area contributed by atoms with Gasteiger partial charge >= 0.3 is 0 Å². The van der Waals surface area contributed by atoms with Crippen molar-refractivity contribution in [2.24, 2.45) is 0 Å². The Morgan fingerprint density at radius 3 is 2.76 bits per heavy atom. The third-order valence-corrected chi connectivity index (χ3v) is 3.38. The molecule has 2 aromatic rings. The number of aliphatic hydroxyl groups excluding tert-OH is 1. The molecule has 4 nitrogen and oxygen atoms in total. The second-order valence-electron chi connectivity index (χ2n) is 4.94. The molecular weight excluding hydrogens is 266 g/mol. The van der Waals surface area contributed by atoms with E-state index >= 15 is 0 Å². The van der Waals surface area contributed by atoms with Crippen LogP contribution in [0.2, 0.25) is 0 Å². The van der Waals surface area contributed by atoms with Crippen LogP contribution in [-0.2, 0) is 13.0 Å². The Hall–Kier alpha value is -1.78. The number of nitrogens with one attached hydrogen (secondary N) is 1. The second-order valence-corrected chi connectivity index (χ2v) is 4.94. The van der Waals surface area contributed by atoms with Crippen molar-refractivity contribution >= 4 is 0 Å². The summed E-state index contributed by atoms with van der Waals surface area (Å²) in [4.78, 5) is 0. The Morgan fingerprint density at radius 2 is 2.05 bits per heavy atom. The van der Waals surface area contributed by atoms with Crippen LogP contribution in [0.3, 0.4) is 0 Å². The number of rotatable bonds is 8. The standard InChI is InChI=1S/C17H23NO3/c1-3-15-8-9-16(21-15)13(2)18-12-14-6-4-5-7-17(14)20-11-10-19/h4-9,13,18-19H,3,10-12H2,1-2H3. The topological polar surface area (TPSA) is 54.6 Å². The van der Waals surface area contributed by atoms with Gasteiger partial charge in [-0.1, -0.05) is 25.1 Å². The first kappa shape index (κ1) is 15.6. The van der Waals surface area contributed by atoms with Gasteiger partial charge in [-0.15, -0.1) is 0 Å². The third kappa shape index (κ3) is 4.34. The van der Waals surface area contributed by atoms with Gasteiger partial charge in [0.05, 0.1) is 12.6 Å². The van der Waals surface area contributed by atoms with E-state index in [1.807, 2.05) is 36.4 Å².